The number of rotatable bonds is 2. The van der Waals surface area contributed by atoms with Gasteiger partial charge in [0.15, 0.2) is 5.15 Å². The SMILES string of the molecule is CNc1c(Cl)nsc1C1=CCC(N)C=C1. The van der Waals surface area contributed by atoms with E-state index in [9.17, 15) is 0 Å². The maximum absolute atomic E-state index is 5.95. The normalized spacial score (nSPS) is 20.2. The highest BCUT2D eigenvalue weighted by Gasteiger charge is 2.15. The summed E-state index contributed by atoms with van der Waals surface area (Å²) in [7, 11) is 1.85. The van der Waals surface area contributed by atoms with Crippen molar-refractivity contribution in [3.8, 4) is 0 Å². The molecule has 3 nitrogen and oxygen atoms in total. The lowest BCUT2D eigenvalue weighted by molar-refractivity contribution is 0.828. The Hall–Kier alpha value is -0.840. The summed E-state index contributed by atoms with van der Waals surface area (Å²) in [4.78, 5) is 1.07. The molecular weight excluding hydrogens is 230 g/mol. The average molecular weight is 242 g/mol. The fourth-order valence-electron chi connectivity index (χ4n) is 1.49. The van der Waals surface area contributed by atoms with Gasteiger partial charge in [-0.3, -0.25) is 0 Å². The molecule has 0 saturated heterocycles. The Kier molecular flexibility index (Phi) is 3.09. The lowest BCUT2D eigenvalue weighted by Crippen LogP contribution is -2.17. The molecule has 15 heavy (non-hydrogen) atoms. The Morgan fingerprint density at radius 3 is 3.07 bits per heavy atom. The molecule has 1 aliphatic rings. The number of nitrogens with two attached hydrogens (primary N) is 1. The Labute approximate surface area is 97.8 Å². The van der Waals surface area contributed by atoms with E-state index in [4.69, 9.17) is 17.3 Å². The van der Waals surface area contributed by atoms with Crippen molar-refractivity contribution in [1.29, 1.82) is 0 Å². The van der Waals surface area contributed by atoms with E-state index < -0.39 is 0 Å². The first kappa shape index (κ1) is 10.7. The zero-order chi connectivity index (χ0) is 10.8. The Bertz CT molecular complexity index is 422. The van der Waals surface area contributed by atoms with E-state index >= 15 is 0 Å². The summed E-state index contributed by atoms with van der Waals surface area (Å²) in [6, 6.07) is 0.134. The van der Waals surface area contributed by atoms with Crippen molar-refractivity contribution in [2.75, 3.05) is 12.4 Å². The van der Waals surface area contributed by atoms with Gasteiger partial charge in [-0.1, -0.05) is 29.8 Å². The van der Waals surface area contributed by atoms with Gasteiger partial charge in [0, 0.05) is 13.1 Å². The van der Waals surface area contributed by atoms with E-state index in [1.807, 2.05) is 19.2 Å². The fraction of sp³-hybridized carbons (Fsp3) is 0.300. The molecule has 1 aromatic rings. The van der Waals surface area contributed by atoms with Crippen LogP contribution in [0.4, 0.5) is 5.69 Å². The molecule has 0 saturated carbocycles. The van der Waals surface area contributed by atoms with E-state index in [1.54, 1.807) is 0 Å². The molecular formula is C10H12ClN3S. The number of nitrogens with zero attached hydrogens (tertiary/aromatic N) is 1. The van der Waals surface area contributed by atoms with Gasteiger partial charge in [0.25, 0.3) is 0 Å². The molecule has 0 fully saturated rings. The molecule has 1 aromatic heterocycles. The lowest BCUT2D eigenvalue weighted by Gasteiger charge is -2.11. The number of anilines is 1. The number of hydrogen-bond donors (Lipinski definition) is 2. The van der Waals surface area contributed by atoms with Crippen molar-refractivity contribution in [3.05, 3.63) is 28.3 Å². The van der Waals surface area contributed by atoms with Crippen molar-refractivity contribution >= 4 is 34.4 Å². The second-order valence-electron chi connectivity index (χ2n) is 3.35. The fourth-order valence-corrected chi connectivity index (χ4v) is 2.65. The van der Waals surface area contributed by atoms with Crippen molar-refractivity contribution in [2.45, 2.75) is 12.5 Å². The van der Waals surface area contributed by atoms with Gasteiger partial charge in [-0.25, -0.2) is 0 Å². The van der Waals surface area contributed by atoms with Gasteiger partial charge in [0.1, 0.15) is 0 Å². The number of nitrogens with one attached hydrogen (secondary N) is 1. The number of allylic oxidation sites excluding steroid dienone is 2. The average Bonchev–Trinajstić information content (AvgIpc) is 2.61. The van der Waals surface area contributed by atoms with Crippen LogP contribution < -0.4 is 11.1 Å². The van der Waals surface area contributed by atoms with E-state index in [2.05, 4.69) is 15.8 Å². The van der Waals surface area contributed by atoms with Crippen LogP contribution in [0.25, 0.3) is 5.57 Å². The summed E-state index contributed by atoms with van der Waals surface area (Å²) in [5.74, 6) is 0. The number of aromatic nitrogens is 1. The van der Waals surface area contributed by atoms with Gasteiger partial charge in [-0.15, -0.1) is 0 Å². The molecule has 0 bridgehead atoms. The van der Waals surface area contributed by atoms with Crippen LogP contribution >= 0.6 is 23.1 Å². The molecule has 1 aliphatic carbocycles. The van der Waals surface area contributed by atoms with Gasteiger partial charge < -0.3 is 11.1 Å². The first-order chi connectivity index (χ1) is 7.22. The van der Waals surface area contributed by atoms with Crippen molar-refractivity contribution in [3.63, 3.8) is 0 Å². The van der Waals surface area contributed by atoms with E-state index in [1.165, 1.54) is 11.5 Å². The molecule has 0 amide bonds. The van der Waals surface area contributed by atoms with Crippen molar-refractivity contribution in [2.24, 2.45) is 5.73 Å². The topological polar surface area (TPSA) is 50.9 Å². The van der Waals surface area contributed by atoms with Crippen LogP contribution in [-0.4, -0.2) is 17.5 Å². The number of hydrogen-bond acceptors (Lipinski definition) is 4. The largest absolute Gasteiger partial charge is 0.384 e. The summed E-state index contributed by atoms with van der Waals surface area (Å²) < 4.78 is 4.12. The van der Waals surface area contributed by atoms with Gasteiger partial charge in [-0.2, -0.15) is 4.37 Å². The predicted octanol–water partition coefficient (Wildman–Crippen LogP) is 2.51. The zero-order valence-corrected chi connectivity index (χ0v) is 9.90. The second-order valence-corrected chi connectivity index (χ2v) is 4.48. The van der Waals surface area contributed by atoms with Crippen molar-refractivity contribution in [1.82, 2.24) is 4.37 Å². The Morgan fingerprint density at radius 1 is 1.67 bits per heavy atom. The van der Waals surface area contributed by atoms with Crippen LogP contribution in [0.3, 0.4) is 0 Å². The highest BCUT2D eigenvalue weighted by molar-refractivity contribution is 7.08. The summed E-state index contributed by atoms with van der Waals surface area (Å²) in [6.07, 6.45) is 7.01. The zero-order valence-electron chi connectivity index (χ0n) is 8.33. The molecule has 0 aromatic carbocycles. The van der Waals surface area contributed by atoms with Crippen LogP contribution in [0, 0.1) is 0 Å². The smallest absolute Gasteiger partial charge is 0.166 e. The van der Waals surface area contributed by atoms with Crippen LogP contribution in [0.15, 0.2) is 18.2 Å². The van der Waals surface area contributed by atoms with Crippen molar-refractivity contribution < 1.29 is 0 Å². The minimum atomic E-state index is 0.134. The third kappa shape index (κ3) is 2.07. The lowest BCUT2D eigenvalue weighted by atomic mass is 10.0. The predicted molar refractivity (Wildman–Crippen MR) is 66.4 cm³/mol. The van der Waals surface area contributed by atoms with Crippen LogP contribution in [0.1, 0.15) is 11.3 Å². The van der Waals surface area contributed by atoms with Gasteiger partial charge in [0.05, 0.1) is 10.6 Å². The monoisotopic (exact) mass is 241 g/mol. The molecule has 0 aliphatic heterocycles. The first-order valence-electron chi connectivity index (χ1n) is 4.69. The van der Waals surface area contributed by atoms with Gasteiger partial charge >= 0.3 is 0 Å². The number of halogens is 1. The molecule has 1 atom stereocenters. The molecule has 5 heteroatoms. The molecule has 1 heterocycles. The third-order valence-corrected chi connectivity index (χ3v) is 3.57. The summed E-state index contributed by atoms with van der Waals surface area (Å²) in [5, 5.41) is 3.59. The minimum absolute atomic E-state index is 0.134. The van der Waals surface area contributed by atoms with E-state index in [0.717, 1.165) is 22.6 Å². The summed E-state index contributed by atoms with van der Waals surface area (Å²) >= 11 is 7.36. The van der Waals surface area contributed by atoms with Crippen LogP contribution in [0.2, 0.25) is 5.15 Å². The molecule has 3 N–H and O–H groups in total. The summed E-state index contributed by atoms with van der Waals surface area (Å²) in [5.41, 5.74) is 7.81. The van der Waals surface area contributed by atoms with Gasteiger partial charge in [0.2, 0.25) is 0 Å². The van der Waals surface area contributed by atoms with E-state index in [-0.39, 0.29) is 6.04 Å². The third-order valence-electron chi connectivity index (χ3n) is 2.30. The van der Waals surface area contributed by atoms with Crippen LogP contribution in [-0.2, 0) is 0 Å². The maximum Gasteiger partial charge on any atom is 0.166 e. The molecule has 80 valence electrons. The van der Waals surface area contributed by atoms with Gasteiger partial charge in [-0.05, 0) is 23.5 Å². The molecule has 0 spiro atoms. The Morgan fingerprint density at radius 2 is 2.47 bits per heavy atom. The Balaban J connectivity index is 2.34. The molecule has 1 unspecified atom stereocenters. The first-order valence-corrected chi connectivity index (χ1v) is 5.84. The second kappa shape index (κ2) is 4.35. The summed E-state index contributed by atoms with van der Waals surface area (Å²) in [6.45, 7) is 0. The highest BCUT2D eigenvalue weighted by Crippen LogP contribution is 2.35. The minimum Gasteiger partial charge on any atom is -0.384 e. The highest BCUT2D eigenvalue weighted by atomic mass is 35.5. The van der Waals surface area contributed by atoms with Crippen LogP contribution in [0.5, 0.6) is 0 Å². The maximum atomic E-state index is 5.95. The molecule has 0 radical (unpaired) electrons. The van der Waals surface area contributed by atoms with E-state index in [0.29, 0.717) is 5.15 Å². The molecule has 2 rings (SSSR count). The quantitative estimate of drug-likeness (QED) is 0.837. The standard InChI is InChI=1S/C10H12ClN3S/c1-13-8-9(15-14-10(8)11)6-2-4-7(12)5-3-6/h2-4,7,13H,5,12H2,1H3.